The molecule has 0 radical (unpaired) electrons. The van der Waals surface area contributed by atoms with Crippen LogP contribution in [0.15, 0.2) is 49.8 Å². The van der Waals surface area contributed by atoms with Gasteiger partial charge in [0.25, 0.3) is 0 Å². The first-order valence-corrected chi connectivity index (χ1v) is 9.76. The lowest BCUT2D eigenvalue weighted by Crippen LogP contribution is -2.29. The van der Waals surface area contributed by atoms with Gasteiger partial charge in [-0.1, -0.05) is 44.0 Å². The highest BCUT2D eigenvalue weighted by Crippen LogP contribution is 2.28. The van der Waals surface area contributed by atoms with Gasteiger partial charge in [-0.05, 0) is 81.6 Å². The highest BCUT2D eigenvalue weighted by atomic mass is 15.1. The molecule has 2 N–H and O–H groups in total. The number of benzene rings is 1. The lowest BCUT2D eigenvalue weighted by Gasteiger charge is -2.27. The van der Waals surface area contributed by atoms with Gasteiger partial charge in [-0.15, -0.1) is 0 Å². The SMILES string of the molecule is C=CNC(=C)CCC(C)N(C)Cc1ccc(C2CCNCC2)cc1C=C. The highest BCUT2D eigenvalue weighted by Gasteiger charge is 2.17. The summed E-state index contributed by atoms with van der Waals surface area (Å²) in [6.45, 7) is 17.2. The molecule has 26 heavy (non-hydrogen) atoms. The molecule has 1 aliphatic rings. The Morgan fingerprint density at radius 1 is 1.35 bits per heavy atom. The minimum atomic E-state index is 0.486. The van der Waals surface area contributed by atoms with E-state index in [9.17, 15) is 0 Å². The fourth-order valence-electron chi connectivity index (χ4n) is 3.60. The van der Waals surface area contributed by atoms with Crippen LogP contribution in [0.2, 0.25) is 0 Å². The van der Waals surface area contributed by atoms with Gasteiger partial charge in [0.05, 0.1) is 0 Å². The van der Waals surface area contributed by atoms with E-state index in [1.807, 2.05) is 6.08 Å². The highest BCUT2D eigenvalue weighted by molar-refractivity contribution is 5.53. The van der Waals surface area contributed by atoms with Crippen molar-refractivity contribution in [2.45, 2.75) is 51.1 Å². The van der Waals surface area contributed by atoms with E-state index in [1.165, 1.54) is 29.5 Å². The van der Waals surface area contributed by atoms with Crippen LogP contribution in [0.1, 0.15) is 55.2 Å². The Morgan fingerprint density at radius 2 is 2.08 bits per heavy atom. The van der Waals surface area contributed by atoms with E-state index in [0.717, 1.165) is 38.2 Å². The second-order valence-electron chi connectivity index (χ2n) is 7.44. The van der Waals surface area contributed by atoms with Gasteiger partial charge in [0, 0.05) is 18.3 Å². The molecule has 142 valence electrons. The zero-order valence-electron chi connectivity index (χ0n) is 16.6. The summed E-state index contributed by atoms with van der Waals surface area (Å²) in [4.78, 5) is 2.41. The number of hydrogen-bond donors (Lipinski definition) is 2. The summed E-state index contributed by atoms with van der Waals surface area (Å²) in [5.41, 5.74) is 5.12. The van der Waals surface area contributed by atoms with Crippen molar-refractivity contribution in [3.8, 4) is 0 Å². The van der Waals surface area contributed by atoms with Crippen LogP contribution in [0.5, 0.6) is 0 Å². The van der Waals surface area contributed by atoms with Gasteiger partial charge >= 0.3 is 0 Å². The molecular formula is C23H35N3. The molecule has 3 heteroatoms. The zero-order valence-corrected chi connectivity index (χ0v) is 16.6. The number of nitrogens with zero attached hydrogens (tertiary/aromatic N) is 1. The third kappa shape index (κ3) is 5.86. The van der Waals surface area contributed by atoms with Crippen molar-refractivity contribution in [3.63, 3.8) is 0 Å². The molecule has 0 amide bonds. The van der Waals surface area contributed by atoms with Crippen LogP contribution in [0.3, 0.4) is 0 Å². The Kier molecular flexibility index (Phi) is 8.14. The Morgan fingerprint density at radius 3 is 2.73 bits per heavy atom. The number of hydrogen-bond acceptors (Lipinski definition) is 3. The maximum absolute atomic E-state index is 4.05. The molecule has 0 aliphatic carbocycles. The fourth-order valence-corrected chi connectivity index (χ4v) is 3.60. The first-order chi connectivity index (χ1) is 12.5. The number of nitrogens with one attached hydrogen (secondary N) is 2. The van der Waals surface area contributed by atoms with E-state index < -0.39 is 0 Å². The predicted octanol–water partition coefficient (Wildman–Crippen LogP) is 4.64. The Hall–Kier alpha value is -1.84. The molecule has 1 saturated heterocycles. The third-order valence-corrected chi connectivity index (χ3v) is 5.54. The van der Waals surface area contributed by atoms with Crippen LogP contribution in [-0.2, 0) is 6.54 Å². The summed E-state index contributed by atoms with van der Waals surface area (Å²) >= 11 is 0. The summed E-state index contributed by atoms with van der Waals surface area (Å²) in [6.07, 6.45) is 8.20. The topological polar surface area (TPSA) is 27.3 Å². The molecule has 1 atom stereocenters. The van der Waals surface area contributed by atoms with Crippen molar-refractivity contribution in [3.05, 3.63) is 66.5 Å². The van der Waals surface area contributed by atoms with Crippen LogP contribution in [0.25, 0.3) is 6.08 Å². The maximum Gasteiger partial charge on any atom is 0.0239 e. The molecule has 1 heterocycles. The normalized spacial score (nSPS) is 16.3. The third-order valence-electron chi connectivity index (χ3n) is 5.54. The summed E-state index contributed by atoms with van der Waals surface area (Å²) in [7, 11) is 2.20. The molecule has 1 aromatic carbocycles. The van der Waals surface area contributed by atoms with Gasteiger partial charge in [0.1, 0.15) is 0 Å². The van der Waals surface area contributed by atoms with Gasteiger partial charge in [0.2, 0.25) is 0 Å². The Labute approximate surface area is 159 Å². The van der Waals surface area contributed by atoms with Gasteiger partial charge in [-0.2, -0.15) is 0 Å². The van der Waals surface area contributed by atoms with Crippen molar-refractivity contribution in [1.82, 2.24) is 15.5 Å². The maximum atomic E-state index is 4.05. The smallest absolute Gasteiger partial charge is 0.0239 e. The van der Waals surface area contributed by atoms with Crippen LogP contribution in [0.4, 0.5) is 0 Å². The Balaban J connectivity index is 1.97. The number of piperidine rings is 1. The molecule has 1 aliphatic heterocycles. The molecule has 1 aromatic rings. The molecular weight excluding hydrogens is 318 g/mol. The average molecular weight is 354 g/mol. The van der Waals surface area contributed by atoms with Crippen LogP contribution in [0, 0.1) is 0 Å². The summed E-state index contributed by atoms with van der Waals surface area (Å²) in [6, 6.07) is 7.47. The monoisotopic (exact) mass is 353 g/mol. The lowest BCUT2D eigenvalue weighted by molar-refractivity contribution is 0.237. The van der Waals surface area contributed by atoms with E-state index in [0.29, 0.717) is 12.0 Å². The second kappa shape index (κ2) is 10.3. The predicted molar refractivity (Wildman–Crippen MR) is 114 cm³/mol. The quantitative estimate of drug-likeness (QED) is 0.641. The van der Waals surface area contributed by atoms with Gasteiger partial charge in [-0.25, -0.2) is 0 Å². The molecule has 1 fully saturated rings. The van der Waals surface area contributed by atoms with Crippen molar-refractivity contribution >= 4 is 6.08 Å². The van der Waals surface area contributed by atoms with Crippen LogP contribution in [-0.4, -0.2) is 31.1 Å². The van der Waals surface area contributed by atoms with E-state index in [2.05, 4.69) is 67.4 Å². The average Bonchev–Trinajstić information content (AvgIpc) is 2.67. The van der Waals surface area contributed by atoms with Crippen molar-refractivity contribution in [1.29, 1.82) is 0 Å². The number of rotatable bonds is 10. The summed E-state index contributed by atoms with van der Waals surface area (Å²) in [5, 5.41) is 6.53. The zero-order chi connectivity index (χ0) is 18.9. The van der Waals surface area contributed by atoms with Crippen LogP contribution >= 0.6 is 0 Å². The molecule has 0 bridgehead atoms. The lowest BCUT2D eigenvalue weighted by atomic mass is 9.88. The fraction of sp³-hybridized carbons (Fsp3) is 0.478. The summed E-state index contributed by atoms with van der Waals surface area (Å²) in [5.74, 6) is 0.684. The Bertz CT molecular complexity index is 614. The van der Waals surface area contributed by atoms with Crippen molar-refractivity contribution < 1.29 is 0 Å². The second-order valence-corrected chi connectivity index (χ2v) is 7.44. The molecule has 0 saturated carbocycles. The molecule has 0 spiro atoms. The van der Waals surface area contributed by atoms with Crippen molar-refractivity contribution in [2.75, 3.05) is 20.1 Å². The van der Waals surface area contributed by atoms with Gasteiger partial charge in [-0.3, -0.25) is 4.90 Å². The van der Waals surface area contributed by atoms with Gasteiger partial charge < -0.3 is 10.6 Å². The van der Waals surface area contributed by atoms with Gasteiger partial charge in [0.15, 0.2) is 0 Å². The molecule has 2 rings (SSSR count). The largest absolute Gasteiger partial charge is 0.366 e. The minimum absolute atomic E-state index is 0.486. The summed E-state index contributed by atoms with van der Waals surface area (Å²) < 4.78 is 0. The first kappa shape index (κ1) is 20.5. The molecule has 3 nitrogen and oxygen atoms in total. The standard InChI is InChI=1S/C23H35N3/c1-6-20-16-22(21-12-14-24-15-13-21)10-11-23(20)17-26(5)19(4)9-8-18(3)25-7-2/h6-7,10-11,16,19,21,24-25H,1-3,8-9,12-15,17H2,4-5H3. The first-order valence-electron chi connectivity index (χ1n) is 9.76. The van der Waals surface area contributed by atoms with E-state index in [1.54, 1.807) is 6.20 Å². The van der Waals surface area contributed by atoms with Crippen molar-refractivity contribution in [2.24, 2.45) is 0 Å². The number of allylic oxidation sites excluding steroid dienone is 1. The van der Waals surface area contributed by atoms with E-state index in [4.69, 9.17) is 0 Å². The molecule has 0 aromatic heterocycles. The van der Waals surface area contributed by atoms with E-state index in [-0.39, 0.29) is 0 Å². The minimum Gasteiger partial charge on any atom is -0.366 e. The molecule has 1 unspecified atom stereocenters. The van der Waals surface area contributed by atoms with E-state index >= 15 is 0 Å². The van der Waals surface area contributed by atoms with Crippen LogP contribution < -0.4 is 10.6 Å².